The third-order valence-electron chi connectivity index (χ3n) is 9.15. The van der Waals surface area contributed by atoms with Crippen molar-refractivity contribution in [2.24, 2.45) is 5.92 Å². The molecule has 1 saturated carbocycles. The van der Waals surface area contributed by atoms with Gasteiger partial charge in [0.15, 0.2) is 0 Å². The van der Waals surface area contributed by atoms with E-state index in [1.54, 1.807) is 24.3 Å². The predicted molar refractivity (Wildman–Crippen MR) is 150 cm³/mol. The Bertz CT molecular complexity index is 1390. The first kappa shape index (κ1) is 27.1. The summed E-state index contributed by atoms with van der Waals surface area (Å²) in [6.45, 7) is 4.55. The molecule has 1 unspecified atom stereocenters. The third-order valence-corrected chi connectivity index (χ3v) is 9.15. The van der Waals surface area contributed by atoms with E-state index in [9.17, 15) is 24.0 Å². The fourth-order valence-corrected chi connectivity index (χ4v) is 6.79. The molecule has 41 heavy (non-hydrogen) atoms. The van der Waals surface area contributed by atoms with E-state index < -0.39 is 29.7 Å². The Kier molecular flexibility index (Phi) is 7.33. The number of hydrogen-bond donors (Lipinski definition) is 2. The highest BCUT2D eigenvalue weighted by molar-refractivity contribution is 6.23. The summed E-state index contributed by atoms with van der Waals surface area (Å²) in [5.74, 6) is -1.70. The van der Waals surface area contributed by atoms with Crippen molar-refractivity contribution in [2.75, 3.05) is 37.6 Å². The van der Waals surface area contributed by atoms with Gasteiger partial charge in [0.05, 0.1) is 16.7 Å². The largest absolute Gasteiger partial charge is 0.478 e. The van der Waals surface area contributed by atoms with Crippen molar-refractivity contribution in [3.05, 3.63) is 64.7 Å². The molecule has 3 fully saturated rings. The van der Waals surface area contributed by atoms with E-state index in [4.69, 9.17) is 5.11 Å². The second-order valence-corrected chi connectivity index (χ2v) is 11.6. The van der Waals surface area contributed by atoms with Crippen LogP contribution in [0.3, 0.4) is 0 Å². The topological polar surface area (TPSA) is 127 Å². The van der Waals surface area contributed by atoms with Crippen molar-refractivity contribution in [3.8, 4) is 0 Å². The standard InChI is InChI=1S/C31H34N4O6/c36-27-12-11-26(28(37)32-27)35-29(38)24-10-9-23(17-25(24)30(35)39)34-15-13-33(14-16-34)18-19-1-3-20(4-2-19)21-5-7-22(8-6-21)31(40)41/h5-10,17,19-20,26H,1-4,11-16,18H2,(H,40,41)(H,32,36,37). The number of carboxylic acid groups (broad SMARTS) is 1. The lowest BCUT2D eigenvalue weighted by molar-refractivity contribution is -0.136. The molecule has 2 N–H and O–H groups in total. The molecule has 0 radical (unpaired) electrons. The molecule has 3 aliphatic heterocycles. The first-order valence-electron chi connectivity index (χ1n) is 14.4. The first-order valence-corrected chi connectivity index (χ1v) is 14.4. The molecule has 214 valence electrons. The van der Waals surface area contributed by atoms with Crippen LogP contribution in [0.25, 0.3) is 0 Å². The van der Waals surface area contributed by atoms with Gasteiger partial charge in [-0.15, -0.1) is 0 Å². The van der Waals surface area contributed by atoms with E-state index in [0.29, 0.717) is 28.5 Å². The summed E-state index contributed by atoms with van der Waals surface area (Å²) in [6, 6.07) is 11.7. The van der Waals surface area contributed by atoms with Crippen LogP contribution >= 0.6 is 0 Å². The number of carbonyl (C=O) groups excluding carboxylic acids is 4. The number of piperazine rings is 1. The van der Waals surface area contributed by atoms with Crippen LogP contribution in [0.1, 0.15) is 81.1 Å². The van der Waals surface area contributed by atoms with Crippen molar-refractivity contribution < 1.29 is 29.1 Å². The number of anilines is 1. The predicted octanol–water partition coefficient (Wildman–Crippen LogP) is 2.88. The van der Waals surface area contributed by atoms with Gasteiger partial charge in [0.2, 0.25) is 11.8 Å². The Morgan fingerprint density at radius 2 is 1.51 bits per heavy atom. The van der Waals surface area contributed by atoms with Gasteiger partial charge in [-0.05, 0) is 79.8 Å². The van der Waals surface area contributed by atoms with E-state index in [2.05, 4.69) is 15.1 Å². The molecule has 2 saturated heterocycles. The molecular formula is C31H34N4O6. The van der Waals surface area contributed by atoms with Gasteiger partial charge >= 0.3 is 5.97 Å². The molecule has 1 atom stereocenters. The Balaban J connectivity index is 1.01. The number of carboxylic acids is 1. The minimum atomic E-state index is -0.959. The number of rotatable bonds is 6. The molecule has 1 aliphatic carbocycles. The molecule has 3 heterocycles. The van der Waals surface area contributed by atoms with E-state index in [1.807, 2.05) is 18.2 Å². The van der Waals surface area contributed by atoms with Gasteiger partial charge < -0.3 is 10.0 Å². The molecule has 2 aromatic carbocycles. The van der Waals surface area contributed by atoms with Crippen molar-refractivity contribution >= 4 is 35.3 Å². The number of carbonyl (C=O) groups is 5. The fourth-order valence-electron chi connectivity index (χ4n) is 6.79. The molecule has 0 bridgehead atoms. The number of hydrogen-bond acceptors (Lipinski definition) is 7. The Morgan fingerprint density at radius 1 is 0.829 bits per heavy atom. The molecule has 2 aromatic rings. The summed E-state index contributed by atoms with van der Waals surface area (Å²) in [4.78, 5) is 66.9. The quantitative estimate of drug-likeness (QED) is 0.519. The lowest BCUT2D eigenvalue weighted by Crippen LogP contribution is -2.54. The van der Waals surface area contributed by atoms with Gasteiger partial charge in [-0.2, -0.15) is 0 Å². The highest BCUT2D eigenvalue weighted by Gasteiger charge is 2.44. The summed E-state index contributed by atoms with van der Waals surface area (Å²) in [6.07, 6.45) is 4.81. The average Bonchev–Trinajstić information content (AvgIpc) is 3.23. The molecule has 10 nitrogen and oxygen atoms in total. The van der Waals surface area contributed by atoms with Crippen LogP contribution in [0.2, 0.25) is 0 Å². The van der Waals surface area contributed by atoms with Crippen molar-refractivity contribution in [2.45, 2.75) is 50.5 Å². The first-order chi connectivity index (χ1) is 19.8. The average molecular weight is 559 g/mol. The summed E-state index contributed by atoms with van der Waals surface area (Å²) in [5, 5.41) is 11.4. The lowest BCUT2D eigenvalue weighted by atomic mass is 9.78. The van der Waals surface area contributed by atoms with Crippen LogP contribution in [-0.4, -0.2) is 83.3 Å². The third kappa shape index (κ3) is 5.36. The SMILES string of the molecule is O=C1CCC(N2C(=O)c3ccc(N4CCN(CC5CCC(c6ccc(C(=O)O)cc6)CC5)CC4)cc3C2=O)C(=O)N1. The summed E-state index contributed by atoms with van der Waals surface area (Å²) >= 11 is 0. The van der Waals surface area contributed by atoms with Gasteiger partial charge in [0, 0.05) is 44.8 Å². The Hall–Kier alpha value is -4.05. The molecule has 0 aromatic heterocycles. The zero-order valence-electron chi connectivity index (χ0n) is 22.9. The van der Waals surface area contributed by atoms with E-state index in [1.165, 1.54) is 5.56 Å². The number of imide groups is 2. The van der Waals surface area contributed by atoms with Crippen LogP contribution in [0.5, 0.6) is 0 Å². The van der Waals surface area contributed by atoms with E-state index in [-0.39, 0.29) is 18.7 Å². The number of nitrogens with one attached hydrogen (secondary N) is 1. The van der Waals surface area contributed by atoms with Crippen LogP contribution in [-0.2, 0) is 9.59 Å². The Morgan fingerprint density at radius 3 is 2.17 bits per heavy atom. The normalized spacial score (nSPS) is 25.3. The zero-order chi connectivity index (χ0) is 28.7. The van der Waals surface area contributed by atoms with E-state index in [0.717, 1.165) is 69.0 Å². The van der Waals surface area contributed by atoms with Crippen LogP contribution in [0.4, 0.5) is 5.69 Å². The molecule has 10 heteroatoms. The van der Waals surface area contributed by atoms with Crippen LogP contribution in [0.15, 0.2) is 42.5 Å². The van der Waals surface area contributed by atoms with Crippen molar-refractivity contribution in [1.82, 2.24) is 15.1 Å². The molecule has 4 amide bonds. The molecule has 4 aliphatic rings. The summed E-state index contributed by atoms with van der Waals surface area (Å²) < 4.78 is 0. The number of piperidine rings is 1. The minimum Gasteiger partial charge on any atom is -0.478 e. The molecular weight excluding hydrogens is 524 g/mol. The number of fused-ring (bicyclic) bond motifs is 1. The second kappa shape index (κ2) is 11.1. The molecule has 6 rings (SSSR count). The highest BCUT2D eigenvalue weighted by atomic mass is 16.4. The van der Waals surface area contributed by atoms with Crippen LogP contribution < -0.4 is 10.2 Å². The van der Waals surface area contributed by atoms with Gasteiger partial charge in [0.1, 0.15) is 6.04 Å². The highest BCUT2D eigenvalue weighted by Crippen LogP contribution is 2.37. The minimum absolute atomic E-state index is 0.100. The second-order valence-electron chi connectivity index (χ2n) is 11.6. The number of aromatic carboxylic acids is 1. The van der Waals surface area contributed by atoms with Gasteiger partial charge in [-0.3, -0.25) is 34.3 Å². The smallest absolute Gasteiger partial charge is 0.335 e. The maximum Gasteiger partial charge on any atom is 0.335 e. The monoisotopic (exact) mass is 558 g/mol. The number of nitrogens with zero attached hydrogens (tertiary/aromatic N) is 3. The molecule has 0 spiro atoms. The van der Waals surface area contributed by atoms with Crippen LogP contribution in [0, 0.1) is 5.92 Å². The van der Waals surface area contributed by atoms with E-state index >= 15 is 0 Å². The number of benzene rings is 2. The maximum absolute atomic E-state index is 13.2. The van der Waals surface area contributed by atoms with Gasteiger partial charge in [-0.25, -0.2) is 4.79 Å². The lowest BCUT2D eigenvalue weighted by Gasteiger charge is -2.39. The summed E-state index contributed by atoms with van der Waals surface area (Å²) in [7, 11) is 0. The maximum atomic E-state index is 13.2. The fraction of sp³-hybridized carbons (Fsp3) is 0.452. The summed E-state index contributed by atoms with van der Waals surface area (Å²) in [5.41, 5.74) is 3.07. The number of amides is 4. The Labute approximate surface area is 238 Å². The van der Waals surface area contributed by atoms with Crippen molar-refractivity contribution in [3.63, 3.8) is 0 Å². The van der Waals surface area contributed by atoms with Gasteiger partial charge in [-0.1, -0.05) is 12.1 Å². The zero-order valence-corrected chi connectivity index (χ0v) is 22.9. The van der Waals surface area contributed by atoms with Gasteiger partial charge in [0.25, 0.3) is 11.8 Å². The van der Waals surface area contributed by atoms with Crippen molar-refractivity contribution in [1.29, 1.82) is 0 Å².